The van der Waals surface area contributed by atoms with E-state index in [-0.39, 0.29) is 24.1 Å². The molecule has 6 rings (SSSR count). The Hall–Kier alpha value is -3.12. The average Bonchev–Trinajstić information content (AvgIpc) is 3.55. The number of aromatic carboxylic acids is 1. The Bertz CT molecular complexity index is 1270. The fourth-order valence-corrected chi connectivity index (χ4v) is 6.78. The first-order valence-corrected chi connectivity index (χ1v) is 13.0. The number of carbonyl (C=O) groups excluding carboxylic acids is 1. The molecule has 1 aliphatic carbocycles. The van der Waals surface area contributed by atoms with Gasteiger partial charge in [-0.05, 0) is 55.5 Å². The number of aromatic nitrogens is 1. The van der Waals surface area contributed by atoms with Crippen LogP contribution in [0.4, 0.5) is 0 Å². The maximum absolute atomic E-state index is 13.7. The zero-order valence-electron chi connectivity index (χ0n) is 20.3. The van der Waals surface area contributed by atoms with Crippen molar-refractivity contribution in [1.29, 1.82) is 0 Å². The molecule has 0 radical (unpaired) electrons. The molecule has 3 heterocycles. The number of carboxylic acid groups (broad SMARTS) is 1. The Kier molecular flexibility index (Phi) is 5.64. The fourth-order valence-electron chi connectivity index (χ4n) is 6.78. The minimum atomic E-state index is -0.939. The Balaban J connectivity index is 1.51. The summed E-state index contributed by atoms with van der Waals surface area (Å²) >= 11 is 0. The van der Waals surface area contributed by atoms with Crippen LogP contribution in [0, 0.1) is 0 Å². The summed E-state index contributed by atoms with van der Waals surface area (Å²) in [6, 6.07) is 16.5. The molecule has 1 N–H and O–H groups in total. The molecule has 2 saturated heterocycles. The summed E-state index contributed by atoms with van der Waals surface area (Å²) in [5.74, 6) is -0.383. The van der Waals surface area contributed by atoms with E-state index in [0.29, 0.717) is 12.0 Å². The Morgan fingerprint density at radius 1 is 0.971 bits per heavy atom. The van der Waals surface area contributed by atoms with E-state index in [9.17, 15) is 14.7 Å². The van der Waals surface area contributed by atoms with Gasteiger partial charge in [0.25, 0.3) is 0 Å². The standard InChI is InChI=1S/C29H33N3O3/c1-30-16-23-15-22(30)17-31(23)26(33)18-32-25-14-21(29(34)35)12-13-24(25)27(19-8-4-2-5-9-19)28(32)20-10-6-3-7-11-20/h3,6-7,10-14,19,22-23H,2,4-5,8-9,15-18H2,1H3,(H,34,35)/t22-,23+/m0/s1. The highest BCUT2D eigenvalue weighted by Gasteiger charge is 2.43. The molecule has 35 heavy (non-hydrogen) atoms. The van der Waals surface area contributed by atoms with Crippen LogP contribution < -0.4 is 0 Å². The number of carbonyl (C=O) groups is 2. The molecule has 2 aromatic carbocycles. The van der Waals surface area contributed by atoms with Crippen molar-refractivity contribution in [1.82, 2.24) is 14.4 Å². The Labute approximate surface area is 206 Å². The summed E-state index contributed by atoms with van der Waals surface area (Å²) in [4.78, 5) is 30.0. The van der Waals surface area contributed by atoms with Crippen LogP contribution in [0.5, 0.6) is 0 Å². The first-order valence-electron chi connectivity index (χ1n) is 13.0. The van der Waals surface area contributed by atoms with Crippen LogP contribution in [0.3, 0.4) is 0 Å². The number of piperazine rings is 1. The summed E-state index contributed by atoms with van der Waals surface area (Å²) in [5, 5.41) is 10.8. The zero-order valence-corrected chi connectivity index (χ0v) is 20.3. The van der Waals surface area contributed by atoms with Crippen LogP contribution in [0.15, 0.2) is 48.5 Å². The first kappa shape index (κ1) is 22.4. The molecule has 6 heteroatoms. The molecule has 1 amide bonds. The normalized spacial score (nSPS) is 22.8. The van der Waals surface area contributed by atoms with Crippen LogP contribution in [0.25, 0.3) is 22.2 Å². The third-order valence-corrected chi connectivity index (χ3v) is 8.54. The lowest BCUT2D eigenvalue weighted by atomic mass is 9.82. The van der Waals surface area contributed by atoms with Gasteiger partial charge in [0.1, 0.15) is 6.54 Å². The van der Waals surface area contributed by atoms with E-state index in [0.717, 1.165) is 54.5 Å². The van der Waals surface area contributed by atoms with Crippen molar-refractivity contribution in [3.8, 4) is 11.3 Å². The van der Waals surface area contributed by atoms with Crippen molar-refractivity contribution in [2.75, 3.05) is 20.1 Å². The molecule has 1 aromatic heterocycles. The van der Waals surface area contributed by atoms with Gasteiger partial charge in [-0.2, -0.15) is 0 Å². The topological polar surface area (TPSA) is 65.8 Å². The second kappa shape index (κ2) is 8.83. The van der Waals surface area contributed by atoms with Gasteiger partial charge in [-0.3, -0.25) is 9.69 Å². The molecule has 2 aliphatic heterocycles. The average molecular weight is 472 g/mol. The third-order valence-electron chi connectivity index (χ3n) is 8.54. The summed E-state index contributed by atoms with van der Waals surface area (Å²) in [6.45, 7) is 1.96. The number of fused-ring (bicyclic) bond motifs is 3. The lowest BCUT2D eigenvalue weighted by Gasteiger charge is -2.32. The molecule has 0 unspecified atom stereocenters. The number of likely N-dealkylation sites (tertiary alicyclic amines) is 2. The lowest BCUT2D eigenvalue weighted by molar-refractivity contribution is -0.133. The second-order valence-corrected chi connectivity index (χ2v) is 10.6. The number of rotatable bonds is 5. The zero-order chi connectivity index (χ0) is 24.1. The van der Waals surface area contributed by atoms with Crippen molar-refractivity contribution >= 4 is 22.8 Å². The van der Waals surface area contributed by atoms with E-state index in [1.54, 1.807) is 12.1 Å². The number of amides is 1. The molecule has 2 atom stereocenters. The van der Waals surface area contributed by atoms with Gasteiger partial charge in [0.05, 0.1) is 16.8 Å². The second-order valence-electron chi connectivity index (χ2n) is 10.6. The number of nitrogens with zero attached hydrogens (tertiary/aromatic N) is 3. The number of benzene rings is 2. The van der Waals surface area contributed by atoms with Crippen molar-refractivity contribution in [3.63, 3.8) is 0 Å². The molecule has 1 saturated carbocycles. The van der Waals surface area contributed by atoms with E-state index < -0.39 is 5.97 Å². The number of hydrogen-bond acceptors (Lipinski definition) is 3. The maximum atomic E-state index is 13.7. The Morgan fingerprint density at radius 3 is 2.40 bits per heavy atom. The van der Waals surface area contributed by atoms with Crippen LogP contribution in [0.2, 0.25) is 0 Å². The minimum Gasteiger partial charge on any atom is -0.478 e. The van der Waals surface area contributed by atoms with Gasteiger partial charge >= 0.3 is 5.97 Å². The van der Waals surface area contributed by atoms with E-state index in [1.165, 1.54) is 24.8 Å². The minimum absolute atomic E-state index is 0.135. The summed E-state index contributed by atoms with van der Waals surface area (Å²) in [6.07, 6.45) is 7.01. The van der Waals surface area contributed by atoms with Crippen molar-refractivity contribution < 1.29 is 14.7 Å². The quantitative estimate of drug-likeness (QED) is 0.571. The van der Waals surface area contributed by atoms with E-state index in [2.05, 4.69) is 33.5 Å². The van der Waals surface area contributed by atoms with E-state index in [4.69, 9.17) is 0 Å². The van der Waals surface area contributed by atoms with E-state index in [1.807, 2.05) is 24.3 Å². The van der Waals surface area contributed by atoms with Crippen LogP contribution in [-0.2, 0) is 11.3 Å². The van der Waals surface area contributed by atoms with Gasteiger partial charge < -0.3 is 14.6 Å². The van der Waals surface area contributed by atoms with E-state index >= 15 is 0 Å². The van der Waals surface area contributed by atoms with Gasteiger partial charge in [0.2, 0.25) is 5.91 Å². The Morgan fingerprint density at radius 2 is 1.74 bits per heavy atom. The third kappa shape index (κ3) is 3.84. The van der Waals surface area contributed by atoms with Gasteiger partial charge in [-0.15, -0.1) is 0 Å². The largest absolute Gasteiger partial charge is 0.478 e. The maximum Gasteiger partial charge on any atom is 0.335 e. The molecule has 3 aliphatic rings. The lowest BCUT2D eigenvalue weighted by Crippen LogP contribution is -2.48. The highest BCUT2D eigenvalue weighted by molar-refractivity contribution is 5.99. The molecule has 182 valence electrons. The summed E-state index contributed by atoms with van der Waals surface area (Å²) < 4.78 is 2.12. The molecule has 0 spiro atoms. The highest BCUT2D eigenvalue weighted by Crippen LogP contribution is 2.44. The molecular weight excluding hydrogens is 438 g/mol. The molecular formula is C29H33N3O3. The van der Waals surface area contributed by atoms with Crippen molar-refractivity contribution in [3.05, 3.63) is 59.7 Å². The van der Waals surface area contributed by atoms with Gasteiger partial charge in [0.15, 0.2) is 0 Å². The first-order chi connectivity index (χ1) is 17.0. The van der Waals surface area contributed by atoms with Gasteiger partial charge in [0, 0.05) is 30.6 Å². The SMILES string of the molecule is CN1C[C@H]2C[C@H]1CN2C(=O)Cn1c(-c2ccccc2)c(C2CCCCC2)c2ccc(C(=O)O)cc21. The fraction of sp³-hybridized carbons (Fsp3) is 0.448. The van der Waals surface area contributed by atoms with Crippen LogP contribution in [-0.4, -0.2) is 63.6 Å². The van der Waals surface area contributed by atoms with Crippen molar-refractivity contribution in [2.45, 2.75) is 63.1 Å². The van der Waals surface area contributed by atoms with Crippen molar-refractivity contribution in [2.24, 2.45) is 0 Å². The summed E-state index contributed by atoms with van der Waals surface area (Å²) in [7, 11) is 2.14. The molecule has 3 aromatic rings. The van der Waals surface area contributed by atoms with Gasteiger partial charge in [-0.25, -0.2) is 4.79 Å². The number of likely N-dealkylation sites (N-methyl/N-ethyl adjacent to an activating group) is 1. The smallest absolute Gasteiger partial charge is 0.335 e. The summed E-state index contributed by atoms with van der Waals surface area (Å²) in [5.41, 5.74) is 4.60. The highest BCUT2D eigenvalue weighted by atomic mass is 16.4. The van der Waals surface area contributed by atoms with Crippen LogP contribution in [0.1, 0.15) is 60.4 Å². The molecule has 6 nitrogen and oxygen atoms in total. The number of hydrogen-bond donors (Lipinski definition) is 1. The number of carboxylic acids is 1. The molecule has 3 fully saturated rings. The van der Waals surface area contributed by atoms with Gasteiger partial charge in [-0.1, -0.05) is 55.7 Å². The molecule has 2 bridgehead atoms. The predicted molar refractivity (Wildman–Crippen MR) is 137 cm³/mol. The van der Waals surface area contributed by atoms with Crippen LogP contribution >= 0.6 is 0 Å². The predicted octanol–water partition coefficient (Wildman–Crippen LogP) is 4.97. The monoisotopic (exact) mass is 471 g/mol.